The van der Waals surface area contributed by atoms with E-state index < -0.39 is 34.9 Å². The highest BCUT2D eigenvalue weighted by Gasteiger charge is 2.44. The second-order valence-electron chi connectivity index (χ2n) is 5.81. The fourth-order valence-electron chi connectivity index (χ4n) is 2.43. The van der Waals surface area contributed by atoms with Gasteiger partial charge in [-0.2, -0.15) is 23.4 Å². The van der Waals surface area contributed by atoms with Crippen LogP contribution in [-0.2, 0) is 24.1 Å². The lowest BCUT2D eigenvalue weighted by molar-refractivity contribution is -0.388. The molecule has 0 radical (unpaired) electrons. The number of aromatic nitrogens is 4. The van der Waals surface area contributed by atoms with Crippen LogP contribution in [-0.4, -0.2) is 36.9 Å². The topological polar surface area (TPSA) is 108 Å². The molecule has 14 heteroatoms. The zero-order chi connectivity index (χ0) is 21.2. The molecule has 0 aliphatic heterocycles. The maximum Gasteiger partial charge on any atom is 0.442 e. The van der Waals surface area contributed by atoms with E-state index in [0.29, 0.717) is 28.4 Å². The van der Waals surface area contributed by atoms with Crippen LogP contribution in [0.15, 0.2) is 0 Å². The molecule has 0 aromatic carbocycles. The fourth-order valence-corrected chi connectivity index (χ4v) is 2.82. The molecule has 0 unspecified atom stereocenters. The number of alkyl halides is 3. The number of nitro groups is 1. The lowest BCUT2D eigenvalue weighted by Crippen LogP contribution is -2.30. The molecule has 0 aliphatic rings. The molecule has 1 amide bonds. The Labute approximate surface area is 166 Å². The van der Waals surface area contributed by atoms with Crippen molar-refractivity contribution in [3.63, 3.8) is 0 Å². The molecule has 1 N–H and O–H groups in total. The number of nitrogens with zero attached hydrogens (tertiary/aromatic N) is 5. The zero-order valence-corrected chi connectivity index (χ0v) is 16.2. The quantitative estimate of drug-likeness (QED) is 0.402. The number of carbonyl (C=O) groups is 1. The van der Waals surface area contributed by atoms with E-state index in [0.717, 1.165) is 6.92 Å². The van der Waals surface area contributed by atoms with Crippen molar-refractivity contribution in [2.75, 3.05) is 6.54 Å². The Morgan fingerprint density at radius 2 is 1.89 bits per heavy atom. The average Bonchev–Trinajstić information content (AvgIpc) is 3.04. The van der Waals surface area contributed by atoms with Gasteiger partial charge in [-0.15, -0.1) is 0 Å². The third-order valence-electron chi connectivity index (χ3n) is 3.78. The number of hydrogen-bond donors (Lipinski definition) is 1. The molecule has 0 bridgehead atoms. The number of rotatable bonds is 7. The Morgan fingerprint density at radius 3 is 2.36 bits per heavy atom. The van der Waals surface area contributed by atoms with E-state index in [-0.39, 0.29) is 17.4 Å². The Morgan fingerprint density at radius 1 is 1.25 bits per heavy atom. The van der Waals surface area contributed by atoms with Gasteiger partial charge in [-0.05, 0) is 20.3 Å². The molecule has 9 nitrogen and oxygen atoms in total. The summed E-state index contributed by atoms with van der Waals surface area (Å²) in [4.78, 5) is 21.7. The molecule has 2 aromatic heterocycles. The van der Waals surface area contributed by atoms with Crippen LogP contribution in [0.25, 0.3) is 0 Å². The van der Waals surface area contributed by atoms with E-state index >= 15 is 0 Å². The number of carbonyl (C=O) groups excluding carboxylic acids is 1. The second kappa shape index (κ2) is 8.35. The average molecular weight is 443 g/mol. The van der Waals surface area contributed by atoms with E-state index in [1.165, 1.54) is 4.68 Å². The molecular formula is C14H15Cl2F3N6O3. The molecular weight excluding hydrogens is 428 g/mol. The van der Waals surface area contributed by atoms with Crippen molar-refractivity contribution in [1.82, 2.24) is 24.9 Å². The Hall–Kier alpha value is -2.34. The summed E-state index contributed by atoms with van der Waals surface area (Å²) < 4.78 is 40.8. The molecule has 2 aromatic rings. The van der Waals surface area contributed by atoms with Crippen molar-refractivity contribution in [2.24, 2.45) is 0 Å². The molecule has 28 heavy (non-hydrogen) atoms. The monoisotopic (exact) mass is 442 g/mol. The highest BCUT2D eigenvalue weighted by molar-refractivity contribution is 6.41. The standard InChI is InChI=1S/C14H15Cl2F3N6O3/c1-7-10(15)13(16)23(21-7)5-3-4-20-9(26)6-24-8(2)11(25(27)28)12(22-24)14(17,18)19/h3-6H2,1-2H3,(H,20,26). The molecule has 2 heterocycles. The zero-order valence-electron chi connectivity index (χ0n) is 14.7. The predicted octanol–water partition coefficient (Wildman–Crippen LogP) is 3.14. The van der Waals surface area contributed by atoms with Crippen LogP contribution < -0.4 is 5.32 Å². The van der Waals surface area contributed by atoms with Crippen molar-refractivity contribution in [2.45, 2.75) is 39.5 Å². The van der Waals surface area contributed by atoms with E-state index in [4.69, 9.17) is 23.2 Å². The molecule has 0 spiro atoms. The fraction of sp³-hybridized carbons (Fsp3) is 0.500. The number of amides is 1. The first kappa shape index (κ1) is 22.0. The lowest BCUT2D eigenvalue weighted by Gasteiger charge is -2.07. The largest absolute Gasteiger partial charge is 0.442 e. The van der Waals surface area contributed by atoms with Crippen LogP contribution in [0.5, 0.6) is 0 Å². The minimum Gasteiger partial charge on any atom is -0.354 e. The minimum atomic E-state index is -5.00. The molecule has 0 fully saturated rings. The summed E-state index contributed by atoms with van der Waals surface area (Å²) in [5, 5.41) is 21.3. The minimum absolute atomic E-state index is 0.181. The predicted molar refractivity (Wildman–Crippen MR) is 93.2 cm³/mol. The summed E-state index contributed by atoms with van der Waals surface area (Å²) in [6.45, 7) is 2.74. The first-order chi connectivity index (χ1) is 12.9. The van der Waals surface area contributed by atoms with Crippen LogP contribution >= 0.6 is 23.2 Å². The summed E-state index contributed by atoms with van der Waals surface area (Å²) in [7, 11) is 0. The van der Waals surface area contributed by atoms with E-state index in [1.807, 2.05) is 0 Å². The van der Waals surface area contributed by atoms with Gasteiger partial charge in [0, 0.05) is 13.1 Å². The van der Waals surface area contributed by atoms with Crippen molar-refractivity contribution in [1.29, 1.82) is 0 Å². The van der Waals surface area contributed by atoms with Crippen molar-refractivity contribution < 1.29 is 22.9 Å². The van der Waals surface area contributed by atoms with Gasteiger partial charge in [0.2, 0.25) is 11.6 Å². The van der Waals surface area contributed by atoms with E-state index in [1.54, 1.807) is 6.92 Å². The van der Waals surface area contributed by atoms with Gasteiger partial charge in [0.15, 0.2) is 0 Å². The van der Waals surface area contributed by atoms with Crippen LogP contribution in [0.3, 0.4) is 0 Å². The molecule has 154 valence electrons. The third-order valence-corrected chi connectivity index (χ3v) is 4.72. The Kier molecular flexibility index (Phi) is 6.55. The van der Waals surface area contributed by atoms with Crippen LogP contribution in [0.2, 0.25) is 10.2 Å². The summed E-state index contributed by atoms with van der Waals surface area (Å²) >= 11 is 11.9. The number of nitrogens with one attached hydrogen (secondary N) is 1. The number of hydrogen-bond acceptors (Lipinski definition) is 5. The van der Waals surface area contributed by atoms with Gasteiger partial charge in [-0.3, -0.25) is 24.3 Å². The van der Waals surface area contributed by atoms with Gasteiger partial charge in [-0.1, -0.05) is 23.2 Å². The molecule has 0 aliphatic carbocycles. The summed E-state index contributed by atoms with van der Waals surface area (Å²) in [6, 6.07) is 0. The Bertz CT molecular complexity index is 909. The van der Waals surface area contributed by atoms with Gasteiger partial charge >= 0.3 is 11.9 Å². The third kappa shape index (κ3) is 4.73. The first-order valence-electron chi connectivity index (χ1n) is 7.87. The molecule has 0 atom stereocenters. The van der Waals surface area contributed by atoms with Gasteiger partial charge in [-0.25, -0.2) is 0 Å². The number of halogens is 5. The lowest BCUT2D eigenvalue weighted by atomic mass is 10.3. The second-order valence-corrected chi connectivity index (χ2v) is 6.55. The summed E-state index contributed by atoms with van der Waals surface area (Å²) in [6.07, 6.45) is -4.58. The normalized spacial score (nSPS) is 11.7. The van der Waals surface area contributed by atoms with Crippen LogP contribution in [0.1, 0.15) is 23.5 Å². The van der Waals surface area contributed by atoms with Gasteiger partial charge < -0.3 is 5.32 Å². The van der Waals surface area contributed by atoms with Crippen molar-refractivity contribution >= 4 is 34.8 Å². The highest BCUT2D eigenvalue weighted by atomic mass is 35.5. The Balaban J connectivity index is 1.96. The SMILES string of the molecule is Cc1nn(CCCNC(=O)Cn2nc(C(F)(F)F)c([N+](=O)[O-])c2C)c(Cl)c1Cl. The molecule has 0 saturated carbocycles. The summed E-state index contributed by atoms with van der Waals surface area (Å²) in [5.41, 5.74) is -2.60. The molecule has 0 saturated heterocycles. The number of aryl methyl sites for hydroxylation is 2. The highest BCUT2D eigenvalue weighted by Crippen LogP contribution is 2.36. The maximum absolute atomic E-state index is 12.9. The van der Waals surface area contributed by atoms with Crippen molar-refractivity contribution in [3.05, 3.63) is 37.4 Å². The van der Waals surface area contributed by atoms with Gasteiger partial charge in [0.05, 0.1) is 10.6 Å². The van der Waals surface area contributed by atoms with Gasteiger partial charge in [0.1, 0.15) is 22.4 Å². The van der Waals surface area contributed by atoms with E-state index in [9.17, 15) is 28.1 Å². The van der Waals surface area contributed by atoms with Gasteiger partial charge in [0.25, 0.3) is 0 Å². The van der Waals surface area contributed by atoms with Crippen LogP contribution in [0, 0.1) is 24.0 Å². The molecule has 2 rings (SSSR count). The maximum atomic E-state index is 12.9. The summed E-state index contributed by atoms with van der Waals surface area (Å²) in [5.74, 6) is -0.644. The smallest absolute Gasteiger partial charge is 0.354 e. The van der Waals surface area contributed by atoms with Crippen LogP contribution in [0.4, 0.5) is 18.9 Å². The first-order valence-corrected chi connectivity index (χ1v) is 8.63. The van der Waals surface area contributed by atoms with Crippen molar-refractivity contribution in [3.8, 4) is 0 Å². The van der Waals surface area contributed by atoms with E-state index in [2.05, 4.69) is 15.5 Å².